The zero-order valence-electron chi connectivity index (χ0n) is 11.0. The van der Waals surface area contributed by atoms with Crippen molar-refractivity contribution < 1.29 is 22.8 Å². The van der Waals surface area contributed by atoms with Gasteiger partial charge in [-0.05, 0) is 31.2 Å². The van der Waals surface area contributed by atoms with E-state index in [2.05, 4.69) is 10.1 Å². The Hall–Kier alpha value is -1.93. The van der Waals surface area contributed by atoms with Crippen LogP contribution in [0.3, 0.4) is 0 Å². The van der Waals surface area contributed by atoms with Gasteiger partial charge in [-0.1, -0.05) is 5.16 Å². The second-order valence-electron chi connectivity index (χ2n) is 4.16. The van der Waals surface area contributed by atoms with Crippen LogP contribution in [0.2, 0.25) is 0 Å². The molecule has 2 aromatic rings. The number of hydrogen-bond acceptors (Lipinski definition) is 7. The highest BCUT2D eigenvalue weighted by Crippen LogP contribution is 2.28. The van der Waals surface area contributed by atoms with Gasteiger partial charge >= 0.3 is 0 Å². The third-order valence-corrected chi connectivity index (χ3v) is 4.80. The van der Waals surface area contributed by atoms with Gasteiger partial charge in [0.05, 0.1) is 4.90 Å². The molecule has 1 aromatic carbocycles. The summed E-state index contributed by atoms with van der Waals surface area (Å²) in [6.45, 7) is 1.61. The van der Waals surface area contributed by atoms with Crippen molar-refractivity contribution >= 4 is 9.84 Å². The van der Waals surface area contributed by atoms with Gasteiger partial charge in [0.15, 0.2) is 15.7 Å². The molecule has 1 atom stereocenters. The lowest BCUT2D eigenvalue weighted by atomic mass is 10.3. The molecule has 1 heterocycles. The molecule has 0 fully saturated rings. The summed E-state index contributed by atoms with van der Waals surface area (Å²) in [4.78, 5) is 4.06. The first kappa shape index (κ1) is 14.5. The Balaban J connectivity index is 2.30. The fourth-order valence-electron chi connectivity index (χ4n) is 1.59. The molecule has 2 rings (SSSR count). The highest BCUT2D eigenvalue weighted by Gasteiger charge is 2.29. The minimum absolute atomic E-state index is 0.00299. The zero-order chi connectivity index (χ0) is 14.8. The largest absolute Gasteiger partial charge is 0.508 e. The summed E-state index contributed by atoms with van der Waals surface area (Å²) in [5.41, 5.74) is 0. The van der Waals surface area contributed by atoms with E-state index in [1.807, 2.05) is 0 Å². The fourth-order valence-corrected chi connectivity index (χ4v) is 2.88. The Kier molecular flexibility index (Phi) is 4.05. The second kappa shape index (κ2) is 5.59. The maximum atomic E-state index is 12.4. The summed E-state index contributed by atoms with van der Waals surface area (Å²) >= 11 is 0. The van der Waals surface area contributed by atoms with Crippen LogP contribution in [0.1, 0.15) is 23.9 Å². The van der Waals surface area contributed by atoms with Crippen LogP contribution in [0.15, 0.2) is 33.7 Å². The highest BCUT2D eigenvalue weighted by molar-refractivity contribution is 7.91. The van der Waals surface area contributed by atoms with Gasteiger partial charge in [0, 0.05) is 7.11 Å². The van der Waals surface area contributed by atoms with Crippen LogP contribution in [0.25, 0.3) is 0 Å². The van der Waals surface area contributed by atoms with Crippen molar-refractivity contribution in [3.05, 3.63) is 36.0 Å². The van der Waals surface area contributed by atoms with Crippen LogP contribution in [-0.4, -0.2) is 30.8 Å². The van der Waals surface area contributed by atoms with Gasteiger partial charge in [-0.25, -0.2) is 8.42 Å². The zero-order valence-corrected chi connectivity index (χ0v) is 11.8. The summed E-state index contributed by atoms with van der Waals surface area (Å²) < 4.78 is 34.5. The van der Waals surface area contributed by atoms with Crippen LogP contribution in [0.5, 0.6) is 5.75 Å². The smallest absolute Gasteiger partial charge is 0.245 e. The molecule has 7 nitrogen and oxygen atoms in total. The van der Waals surface area contributed by atoms with Crippen molar-refractivity contribution in [1.82, 2.24) is 10.1 Å². The standard InChI is InChI=1S/C12H14N2O5S/c1-8(12-13-11(7-18-2)14-19-12)20(16,17)10-5-3-9(15)4-6-10/h3-6,8,15H,7H2,1-2H3. The molecular formula is C12H14N2O5S. The van der Waals surface area contributed by atoms with Crippen molar-refractivity contribution in [1.29, 1.82) is 0 Å². The van der Waals surface area contributed by atoms with E-state index >= 15 is 0 Å². The third kappa shape index (κ3) is 2.81. The topological polar surface area (TPSA) is 103 Å². The van der Waals surface area contributed by atoms with Crippen molar-refractivity contribution in [3.8, 4) is 5.75 Å². The number of phenols is 1. The predicted octanol–water partition coefficient (Wildman–Crippen LogP) is 1.46. The van der Waals surface area contributed by atoms with Gasteiger partial charge in [-0.15, -0.1) is 0 Å². The molecule has 8 heteroatoms. The molecule has 0 radical (unpaired) electrons. The van der Waals surface area contributed by atoms with E-state index in [1.165, 1.54) is 38.3 Å². The summed E-state index contributed by atoms with van der Waals surface area (Å²) in [6, 6.07) is 5.27. The molecule has 1 N–H and O–H groups in total. The Labute approximate surface area is 116 Å². The van der Waals surface area contributed by atoms with E-state index in [0.717, 1.165) is 0 Å². The Bertz CT molecular complexity index is 678. The lowest BCUT2D eigenvalue weighted by Crippen LogP contribution is -2.11. The quantitative estimate of drug-likeness (QED) is 0.891. The highest BCUT2D eigenvalue weighted by atomic mass is 32.2. The molecule has 0 bridgehead atoms. The van der Waals surface area contributed by atoms with E-state index in [4.69, 9.17) is 9.26 Å². The lowest BCUT2D eigenvalue weighted by Gasteiger charge is -2.08. The second-order valence-corrected chi connectivity index (χ2v) is 6.43. The average molecular weight is 298 g/mol. The van der Waals surface area contributed by atoms with E-state index in [1.54, 1.807) is 0 Å². The van der Waals surface area contributed by atoms with Gasteiger partial charge < -0.3 is 14.4 Å². The summed E-state index contributed by atoms with van der Waals surface area (Å²) in [6.07, 6.45) is 0. The normalized spacial score (nSPS) is 13.3. The molecule has 0 saturated heterocycles. The van der Waals surface area contributed by atoms with Crippen molar-refractivity contribution in [2.45, 2.75) is 23.7 Å². The van der Waals surface area contributed by atoms with Gasteiger partial charge in [0.25, 0.3) is 0 Å². The lowest BCUT2D eigenvalue weighted by molar-refractivity contribution is 0.174. The maximum Gasteiger partial charge on any atom is 0.245 e. The number of benzene rings is 1. The number of sulfone groups is 1. The van der Waals surface area contributed by atoms with Crippen molar-refractivity contribution in [2.75, 3.05) is 7.11 Å². The molecule has 1 unspecified atom stereocenters. The first-order valence-electron chi connectivity index (χ1n) is 5.79. The SMILES string of the molecule is COCc1noc(C(C)S(=O)(=O)c2ccc(O)cc2)n1. The number of rotatable bonds is 5. The summed E-state index contributed by atoms with van der Waals surface area (Å²) in [7, 11) is -2.18. The van der Waals surface area contributed by atoms with Crippen LogP contribution in [0.4, 0.5) is 0 Å². The van der Waals surface area contributed by atoms with Crippen molar-refractivity contribution in [2.24, 2.45) is 0 Å². The number of aromatic nitrogens is 2. The van der Waals surface area contributed by atoms with Crippen molar-refractivity contribution in [3.63, 3.8) is 0 Å². The van der Waals surface area contributed by atoms with E-state index in [0.29, 0.717) is 0 Å². The predicted molar refractivity (Wildman–Crippen MR) is 68.7 cm³/mol. The van der Waals surface area contributed by atoms with Gasteiger partial charge in [-0.3, -0.25) is 0 Å². The molecule has 0 amide bonds. The van der Waals surface area contributed by atoms with Crippen LogP contribution in [-0.2, 0) is 21.2 Å². The molecule has 108 valence electrons. The van der Waals surface area contributed by atoms with E-state index < -0.39 is 15.1 Å². The number of methoxy groups -OCH3 is 1. The van der Waals surface area contributed by atoms with Crippen LogP contribution in [0, 0.1) is 0 Å². The molecule has 0 aliphatic carbocycles. The Morgan fingerprint density at radius 1 is 1.35 bits per heavy atom. The molecule has 0 aliphatic heterocycles. The number of hydrogen-bond donors (Lipinski definition) is 1. The molecule has 0 aliphatic rings. The fraction of sp³-hybridized carbons (Fsp3) is 0.333. The minimum atomic E-state index is -3.66. The maximum absolute atomic E-state index is 12.4. The average Bonchev–Trinajstić information content (AvgIpc) is 2.87. The van der Waals surface area contributed by atoms with E-state index in [9.17, 15) is 13.5 Å². The first-order chi connectivity index (χ1) is 9.45. The molecule has 0 saturated carbocycles. The van der Waals surface area contributed by atoms with Crippen LogP contribution >= 0.6 is 0 Å². The third-order valence-electron chi connectivity index (χ3n) is 2.74. The van der Waals surface area contributed by atoms with E-state index in [-0.39, 0.29) is 29.0 Å². The Morgan fingerprint density at radius 3 is 2.60 bits per heavy atom. The van der Waals surface area contributed by atoms with Crippen LogP contribution < -0.4 is 0 Å². The number of phenolic OH excluding ortho intramolecular Hbond substituents is 1. The molecule has 20 heavy (non-hydrogen) atoms. The molecular weight excluding hydrogens is 284 g/mol. The summed E-state index contributed by atoms with van der Waals surface area (Å²) in [5, 5.41) is 11.8. The first-order valence-corrected chi connectivity index (χ1v) is 7.34. The number of nitrogens with zero attached hydrogens (tertiary/aromatic N) is 2. The van der Waals surface area contributed by atoms with Gasteiger partial charge in [-0.2, -0.15) is 4.98 Å². The minimum Gasteiger partial charge on any atom is -0.508 e. The molecule has 1 aromatic heterocycles. The number of ether oxygens (including phenoxy) is 1. The number of aromatic hydroxyl groups is 1. The van der Waals surface area contributed by atoms with Gasteiger partial charge in [0.2, 0.25) is 5.89 Å². The summed E-state index contributed by atoms with van der Waals surface area (Å²) in [5.74, 6) is 0.289. The monoisotopic (exact) mass is 298 g/mol. The van der Waals surface area contributed by atoms with Gasteiger partial charge in [0.1, 0.15) is 17.6 Å². The Morgan fingerprint density at radius 2 is 2.00 bits per heavy atom. The molecule has 0 spiro atoms.